The Morgan fingerprint density at radius 1 is 1.20 bits per heavy atom. The summed E-state index contributed by atoms with van der Waals surface area (Å²) in [5.41, 5.74) is 1.95. The highest BCUT2D eigenvalue weighted by Gasteiger charge is 2.14. The third-order valence-electron chi connectivity index (χ3n) is 3.07. The molecule has 1 N–H and O–H groups in total. The molecule has 0 unspecified atom stereocenters. The molecule has 5 heteroatoms. The van der Waals surface area contributed by atoms with Crippen LogP contribution in [0.25, 0.3) is 0 Å². The van der Waals surface area contributed by atoms with E-state index >= 15 is 0 Å². The van der Waals surface area contributed by atoms with E-state index in [0.29, 0.717) is 19.8 Å². The largest absolute Gasteiger partial charge is 0.490 e. The number of aryl methyl sites for hydroxylation is 1. The van der Waals surface area contributed by atoms with Crippen LogP contribution in [0.3, 0.4) is 0 Å². The van der Waals surface area contributed by atoms with Gasteiger partial charge in [-0.05, 0) is 13.0 Å². The normalized spacial score (nSPS) is 13.7. The van der Waals surface area contributed by atoms with Crippen molar-refractivity contribution in [1.82, 2.24) is 9.97 Å². The zero-order valence-corrected chi connectivity index (χ0v) is 11.4. The summed E-state index contributed by atoms with van der Waals surface area (Å²) in [5, 5.41) is 3.26. The van der Waals surface area contributed by atoms with Crippen LogP contribution in [0.2, 0.25) is 0 Å². The molecular weight excluding hydrogens is 254 g/mol. The summed E-state index contributed by atoms with van der Waals surface area (Å²) < 4.78 is 11.5. The van der Waals surface area contributed by atoms with Gasteiger partial charge in [0.2, 0.25) is 0 Å². The minimum absolute atomic E-state index is 0.630. The van der Waals surface area contributed by atoms with Crippen LogP contribution in [0, 0.1) is 6.92 Å². The van der Waals surface area contributed by atoms with Crippen molar-refractivity contribution >= 4 is 5.82 Å². The van der Waals surface area contributed by atoms with Crippen molar-refractivity contribution in [2.45, 2.75) is 19.9 Å². The van der Waals surface area contributed by atoms with Gasteiger partial charge >= 0.3 is 0 Å². The highest BCUT2D eigenvalue weighted by atomic mass is 16.5. The Hall–Kier alpha value is -2.30. The molecule has 0 saturated heterocycles. The first kappa shape index (κ1) is 12.7. The van der Waals surface area contributed by atoms with Crippen LogP contribution >= 0.6 is 0 Å². The number of para-hydroxylation sites is 1. The smallest absolute Gasteiger partial charge is 0.166 e. The maximum Gasteiger partial charge on any atom is 0.166 e. The van der Waals surface area contributed by atoms with Crippen LogP contribution in [0.15, 0.2) is 30.6 Å². The molecule has 0 radical (unpaired) electrons. The lowest BCUT2D eigenvalue weighted by Crippen LogP contribution is -2.05. The van der Waals surface area contributed by atoms with Crippen LogP contribution in [0.5, 0.6) is 11.5 Å². The van der Waals surface area contributed by atoms with Crippen molar-refractivity contribution in [3.63, 3.8) is 0 Å². The number of benzene rings is 1. The molecule has 0 atom stereocenters. The van der Waals surface area contributed by atoms with E-state index in [2.05, 4.69) is 15.3 Å². The lowest BCUT2D eigenvalue weighted by Gasteiger charge is -2.13. The second-order valence-corrected chi connectivity index (χ2v) is 4.69. The van der Waals surface area contributed by atoms with Crippen LogP contribution in [-0.4, -0.2) is 23.2 Å². The lowest BCUT2D eigenvalue weighted by molar-refractivity contribution is 0.296. The molecule has 1 aromatic carbocycles. The Morgan fingerprint density at radius 3 is 3.00 bits per heavy atom. The van der Waals surface area contributed by atoms with Gasteiger partial charge in [-0.2, -0.15) is 0 Å². The number of hydrogen-bond donors (Lipinski definition) is 1. The second kappa shape index (κ2) is 5.77. The van der Waals surface area contributed by atoms with Crippen molar-refractivity contribution in [3.8, 4) is 11.5 Å². The minimum Gasteiger partial charge on any atom is -0.490 e. The fourth-order valence-electron chi connectivity index (χ4n) is 2.13. The second-order valence-electron chi connectivity index (χ2n) is 4.69. The van der Waals surface area contributed by atoms with Gasteiger partial charge in [-0.25, -0.2) is 4.98 Å². The van der Waals surface area contributed by atoms with E-state index < -0.39 is 0 Å². The molecule has 0 spiro atoms. The maximum atomic E-state index is 5.79. The highest BCUT2D eigenvalue weighted by Crippen LogP contribution is 2.33. The number of fused-ring (bicyclic) bond motifs is 1. The predicted molar refractivity (Wildman–Crippen MR) is 76.1 cm³/mol. The molecule has 1 aliphatic heterocycles. The molecule has 1 aliphatic rings. The van der Waals surface area contributed by atoms with E-state index in [1.807, 2.05) is 25.1 Å². The summed E-state index contributed by atoms with van der Waals surface area (Å²) >= 11 is 0. The molecule has 0 saturated carbocycles. The van der Waals surface area contributed by atoms with Gasteiger partial charge in [0.05, 0.1) is 25.1 Å². The maximum absolute atomic E-state index is 5.79. The molecule has 0 aliphatic carbocycles. The molecular formula is C15H17N3O2. The summed E-state index contributed by atoms with van der Waals surface area (Å²) in [6.45, 7) is 3.94. The van der Waals surface area contributed by atoms with Gasteiger partial charge in [0.25, 0.3) is 0 Å². The van der Waals surface area contributed by atoms with E-state index in [4.69, 9.17) is 9.47 Å². The SMILES string of the molecule is Cc1cncc(NCc2cccc3c2OCCCO3)n1. The molecule has 20 heavy (non-hydrogen) atoms. The first-order chi connectivity index (χ1) is 9.83. The monoisotopic (exact) mass is 271 g/mol. The van der Waals surface area contributed by atoms with Crippen molar-refractivity contribution in [2.24, 2.45) is 0 Å². The first-order valence-corrected chi connectivity index (χ1v) is 6.73. The number of rotatable bonds is 3. The fraction of sp³-hybridized carbons (Fsp3) is 0.333. The molecule has 0 amide bonds. The average Bonchev–Trinajstić information content (AvgIpc) is 2.71. The van der Waals surface area contributed by atoms with Gasteiger partial charge in [0.15, 0.2) is 11.5 Å². The Balaban J connectivity index is 1.77. The molecule has 1 aromatic heterocycles. The van der Waals surface area contributed by atoms with Crippen LogP contribution in [-0.2, 0) is 6.54 Å². The van der Waals surface area contributed by atoms with E-state index in [-0.39, 0.29) is 0 Å². The van der Waals surface area contributed by atoms with E-state index in [0.717, 1.165) is 35.0 Å². The summed E-state index contributed by atoms with van der Waals surface area (Å²) in [7, 11) is 0. The Labute approximate surface area is 118 Å². The molecule has 0 fully saturated rings. The van der Waals surface area contributed by atoms with Crippen LogP contribution < -0.4 is 14.8 Å². The fourth-order valence-corrected chi connectivity index (χ4v) is 2.13. The summed E-state index contributed by atoms with van der Waals surface area (Å²) in [6.07, 6.45) is 4.35. The van der Waals surface area contributed by atoms with E-state index in [9.17, 15) is 0 Å². The number of ether oxygens (including phenoxy) is 2. The Morgan fingerprint density at radius 2 is 2.10 bits per heavy atom. The lowest BCUT2D eigenvalue weighted by atomic mass is 10.2. The van der Waals surface area contributed by atoms with Crippen molar-refractivity contribution in [1.29, 1.82) is 0 Å². The van der Waals surface area contributed by atoms with Gasteiger partial charge in [-0.3, -0.25) is 4.98 Å². The zero-order valence-electron chi connectivity index (χ0n) is 11.4. The number of aromatic nitrogens is 2. The van der Waals surface area contributed by atoms with Gasteiger partial charge in [-0.1, -0.05) is 12.1 Å². The quantitative estimate of drug-likeness (QED) is 0.929. The van der Waals surface area contributed by atoms with Gasteiger partial charge in [0, 0.05) is 24.7 Å². The number of nitrogens with zero attached hydrogens (tertiary/aromatic N) is 2. The summed E-state index contributed by atoms with van der Waals surface area (Å²) in [6, 6.07) is 5.95. The van der Waals surface area contributed by atoms with Gasteiger partial charge in [0.1, 0.15) is 5.82 Å². The van der Waals surface area contributed by atoms with Crippen molar-refractivity contribution in [3.05, 3.63) is 41.9 Å². The first-order valence-electron chi connectivity index (χ1n) is 6.73. The number of nitrogens with one attached hydrogen (secondary N) is 1. The standard InChI is InChI=1S/C15H17N3O2/c1-11-8-16-10-14(18-11)17-9-12-4-2-5-13-15(12)20-7-3-6-19-13/h2,4-5,8,10H,3,6-7,9H2,1H3,(H,17,18). The topological polar surface area (TPSA) is 56.3 Å². The molecule has 0 bridgehead atoms. The van der Waals surface area contributed by atoms with Gasteiger partial charge in [-0.15, -0.1) is 0 Å². The summed E-state index contributed by atoms with van der Waals surface area (Å²) in [4.78, 5) is 8.49. The Bertz CT molecular complexity index is 601. The third kappa shape index (κ3) is 2.82. The zero-order chi connectivity index (χ0) is 13.8. The minimum atomic E-state index is 0.630. The molecule has 5 nitrogen and oxygen atoms in total. The number of anilines is 1. The third-order valence-corrected chi connectivity index (χ3v) is 3.07. The predicted octanol–water partition coefficient (Wildman–Crippen LogP) is 2.56. The highest BCUT2D eigenvalue weighted by molar-refractivity contribution is 5.48. The van der Waals surface area contributed by atoms with Crippen molar-refractivity contribution in [2.75, 3.05) is 18.5 Å². The van der Waals surface area contributed by atoms with Crippen LogP contribution in [0.4, 0.5) is 5.82 Å². The average molecular weight is 271 g/mol. The molecule has 104 valence electrons. The molecule has 2 heterocycles. The Kier molecular flexibility index (Phi) is 3.67. The van der Waals surface area contributed by atoms with E-state index in [1.54, 1.807) is 12.4 Å². The summed E-state index contributed by atoms with van der Waals surface area (Å²) in [5.74, 6) is 2.41. The number of hydrogen-bond acceptors (Lipinski definition) is 5. The van der Waals surface area contributed by atoms with E-state index in [1.165, 1.54) is 0 Å². The van der Waals surface area contributed by atoms with Crippen molar-refractivity contribution < 1.29 is 9.47 Å². The molecule has 2 aromatic rings. The van der Waals surface area contributed by atoms with Crippen LogP contribution in [0.1, 0.15) is 17.7 Å². The van der Waals surface area contributed by atoms with Gasteiger partial charge < -0.3 is 14.8 Å². The molecule has 3 rings (SSSR count).